The number of thiophene rings is 2. The predicted octanol–water partition coefficient (Wildman–Crippen LogP) is 9.63. The first kappa shape index (κ1) is 25.4. The molecule has 0 aliphatic carbocycles. The molecule has 0 N–H and O–H groups in total. The fourth-order valence-corrected chi connectivity index (χ4v) is 9.36. The lowest BCUT2D eigenvalue weighted by molar-refractivity contribution is 0.627. The van der Waals surface area contributed by atoms with Gasteiger partial charge in [-0.2, -0.15) is 0 Å². The van der Waals surface area contributed by atoms with E-state index in [1.54, 1.807) is 11.3 Å². The van der Waals surface area contributed by atoms with Crippen molar-refractivity contribution in [3.8, 4) is 0 Å². The third kappa shape index (κ3) is 3.53. The highest BCUT2D eigenvalue weighted by Crippen LogP contribution is 2.47. The van der Waals surface area contributed by atoms with Gasteiger partial charge in [0, 0.05) is 48.2 Å². The summed E-state index contributed by atoms with van der Waals surface area (Å²) in [6, 6.07) is 40.0. The Labute approximate surface area is 266 Å². The van der Waals surface area contributed by atoms with Crippen molar-refractivity contribution in [2.75, 3.05) is 9.80 Å². The molecule has 212 valence electrons. The van der Waals surface area contributed by atoms with Crippen molar-refractivity contribution >= 4 is 110 Å². The molecule has 0 radical (unpaired) electrons. The summed E-state index contributed by atoms with van der Waals surface area (Å²) in [6.07, 6.45) is 0. The van der Waals surface area contributed by atoms with Crippen LogP contribution in [0.15, 0.2) is 127 Å². The molecule has 45 heavy (non-hydrogen) atoms. The summed E-state index contributed by atoms with van der Waals surface area (Å²) in [6.45, 7) is -0.0550. The van der Waals surface area contributed by atoms with Gasteiger partial charge in [-0.15, -0.1) is 22.7 Å². The molecular formula is C38H21BF2N2S2. The van der Waals surface area contributed by atoms with E-state index in [1.165, 1.54) is 70.9 Å². The van der Waals surface area contributed by atoms with Gasteiger partial charge in [0.15, 0.2) is 0 Å². The number of benzene rings is 6. The van der Waals surface area contributed by atoms with E-state index >= 15 is 0 Å². The van der Waals surface area contributed by atoms with Crippen molar-refractivity contribution in [1.29, 1.82) is 0 Å². The van der Waals surface area contributed by atoms with Crippen LogP contribution in [0.4, 0.5) is 42.9 Å². The van der Waals surface area contributed by atoms with Crippen LogP contribution in [-0.4, -0.2) is 6.71 Å². The van der Waals surface area contributed by atoms with E-state index < -0.39 is 0 Å². The predicted molar refractivity (Wildman–Crippen MR) is 189 cm³/mol. The van der Waals surface area contributed by atoms with Gasteiger partial charge in [0.05, 0.1) is 0 Å². The van der Waals surface area contributed by atoms with E-state index in [9.17, 15) is 8.78 Å². The van der Waals surface area contributed by atoms with Gasteiger partial charge in [-0.1, -0.05) is 30.3 Å². The molecule has 0 bridgehead atoms. The molecule has 0 saturated carbocycles. The third-order valence-electron chi connectivity index (χ3n) is 9.24. The van der Waals surface area contributed by atoms with E-state index in [4.69, 9.17) is 0 Å². The maximum absolute atomic E-state index is 14.3. The van der Waals surface area contributed by atoms with Crippen molar-refractivity contribution in [3.05, 3.63) is 138 Å². The van der Waals surface area contributed by atoms with Gasteiger partial charge in [0.2, 0.25) is 0 Å². The Bertz CT molecular complexity index is 2480. The Morgan fingerprint density at radius 2 is 1.20 bits per heavy atom. The van der Waals surface area contributed by atoms with Crippen LogP contribution in [0.1, 0.15) is 0 Å². The minimum Gasteiger partial charge on any atom is -0.311 e. The molecule has 0 atom stereocenters. The SMILES string of the molecule is Fc1ccc(N2c3cc4sccc4cc3B3c4c2cccc4N(c2ccc(F)cc2)c2ccc4sc5ccccc5c4c23)cc1. The van der Waals surface area contributed by atoms with Crippen molar-refractivity contribution in [1.82, 2.24) is 0 Å². The number of nitrogens with zero attached hydrogens (tertiary/aromatic N) is 2. The monoisotopic (exact) mass is 618 g/mol. The lowest BCUT2D eigenvalue weighted by Crippen LogP contribution is -2.61. The molecule has 2 aliphatic rings. The van der Waals surface area contributed by atoms with Crippen LogP contribution in [0.3, 0.4) is 0 Å². The number of fused-ring (bicyclic) bond motifs is 9. The zero-order valence-corrected chi connectivity index (χ0v) is 25.3. The topological polar surface area (TPSA) is 6.48 Å². The molecule has 2 aliphatic heterocycles. The molecule has 0 unspecified atom stereocenters. The van der Waals surface area contributed by atoms with Crippen LogP contribution < -0.4 is 26.2 Å². The van der Waals surface area contributed by atoms with Gasteiger partial charge in [0.1, 0.15) is 11.6 Å². The minimum absolute atomic E-state index is 0.0550. The minimum atomic E-state index is -0.264. The van der Waals surface area contributed by atoms with Crippen LogP contribution in [0.5, 0.6) is 0 Å². The summed E-state index contributed by atoms with van der Waals surface area (Å²) >= 11 is 3.55. The Kier molecular flexibility index (Phi) is 5.22. The van der Waals surface area contributed by atoms with Crippen molar-refractivity contribution in [2.45, 2.75) is 0 Å². The van der Waals surface area contributed by atoms with Crippen LogP contribution in [0.2, 0.25) is 0 Å². The van der Waals surface area contributed by atoms with Crippen molar-refractivity contribution in [3.63, 3.8) is 0 Å². The molecule has 4 heterocycles. The lowest BCUT2D eigenvalue weighted by Gasteiger charge is -2.44. The summed E-state index contributed by atoms with van der Waals surface area (Å²) in [5, 5.41) is 5.86. The summed E-state index contributed by atoms with van der Waals surface area (Å²) in [7, 11) is 0. The average Bonchev–Trinajstić information content (AvgIpc) is 3.69. The molecule has 2 nitrogen and oxygen atoms in total. The number of halogens is 2. The van der Waals surface area contributed by atoms with Crippen LogP contribution in [0, 0.1) is 11.6 Å². The molecule has 2 aromatic heterocycles. The Hall–Kier alpha value is -4.98. The average molecular weight is 619 g/mol. The number of anilines is 6. The quantitative estimate of drug-likeness (QED) is 0.178. The van der Waals surface area contributed by atoms with Gasteiger partial charge < -0.3 is 9.80 Å². The second-order valence-corrected chi connectivity index (χ2v) is 13.6. The molecule has 8 aromatic rings. The van der Waals surface area contributed by atoms with E-state index in [1.807, 2.05) is 35.6 Å². The van der Waals surface area contributed by atoms with E-state index in [-0.39, 0.29) is 18.3 Å². The molecular weight excluding hydrogens is 597 g/mol. The van der Waals surface area contributed by atoms with E-state index in [0.29, 0.717) is 0 Å². The highest BCUT2D eigenvalue weighted by molar-refractivity contribution is 7.26. The van der Waals surface area contributed by atoms with Gasteiger partial charge in [-0.05, 0) is 129 Å². The van der Waals surface area contributed by atoms with Gasteiger partial charge >= 0.3 is 0 Å². The van der Waals surface area contributed by atoms with E-state index in [2.05, 4.69) is 88.0 Å². The second-order valence-electron chi connectivity index (χ2n) is 11.6. The molecule has 0 amide bonds. The summed E-state index contributed by atoms with van der Waals surface area (Å²) in [4.78, 5) is 4.57. The van der Waals surface area contributed by atoms with Gasteiger partial charge in [0.25, 0.3) is 6.71 Å². The zero-order valence-electron chi connectivity index (χ0n) is 23.7. The molecule has 0 spiro atoms. The lowest BCUT2D eigenvalue weighted by atomic mass is 9.33. The molecule has 10 rings (SSSR count). The maximum atomic E-state index is 14.3. The highest BCUT2D eigenvalue weighted by Gasteiger charge is 2.44. The smallest absolute Gasteiger partial charge is 0.253 e. The van der Waals surface area contributed by atoms with Crippen LogP contribution in [-0.2, 0) is 0 Å². The summed E-state index contributed by atoms with van der Waals surface area (Å²) < 4.78 is 32.2. The van der Waals surface area contributed by atoms with Crippen LogP contribution >= 0.6 is 22.7 Å². The number of rotatable bonds is 2. The largest absolute Gasteiger partial charge is 0.311 e. The number of hydrogen-bond donors (Lipinski definition) is 0. The molecule has 0 saturated heterocycles. The molecule has 7 heteroatoms. The zero-order chi connectivity index (χ0) is 29.8. The molecule has 0 fully saturated rings. The second kappa shape index (κ2) is 9.27. The Morgan fingerprint density at radius 3 is 1.93 bits per heavy atom. The van der Waals surface area contributed by atoms with Crippen molar-refractivity contribution in [2.24, 2.45) is 0 Å². The normalized spacial score (nSPS) is 13.4. The fourth-order valence-electron chi connectivity index (χ4n) is 7.44. The van der Waals surface area contributed by atoms with Crippen molar-refractivity contribution < 1.29 is 8.78 Å². The first-order valence-electron chi connectivity index (χ1n) is 14.8. The Morgan fingerprint density at radius 1 is 0.533 bits per heavy atom. The maximum Gasteiger partial charge on any atom is 0.253 e. The Balaban J connectivity index is 1.38. The van der Waals surface area contributed by atoms with Crippen LogP contribution in [0.25, 0.3) is 30.3 Å². The van der Waals surface area contributed by atoms with Gasteiger partial charge in [-0.3, -0.25) is 0 Å². The first-order valence-corrected chi connectivity index (χ1v) is 16.5. The standard InChI is InChI=1S/C38H21BF2N2S2/c40-23-8-12-25(13-9-23)42-29-5-3-6-30-37(29)39(38-31(42)16-17-34-36(38)27-4-1-2-7-33(27)45-34)28-20-22-18-19-44-35(22)21-32(28)43(30)26-14-10-24(41)11-15-26/h1-21H. The fraction of sp³-hybridized carbons (Fsp3) is 0. The molecule has 6 aromatic carbocycles. The summed E-state index contributed by atoms with van der Waals surface area (Å²) in [5.74, 6) is -0.528. The summed E-state index contributed by atoms with van der Waals surface area (Å²) in [5.41, 5.74) is 9.76. The highest BCUT2D eigenvalue weighted by atomic mass is 32.1. The number of hydrogen-bond acceptors (Lipinski definition) is 4. The van der Waals surface area contributed by atoms with Gasteiger partial charge in [-0.25, -0.2) is 8.78 Å². The van der Waals surface area contributed by atoms with E-state index in [0.717, 1.165) is 34.1 Å². The third-order valence-corrected chi connectivity index (χ3v) is 11.3. The first-order chi connectivity index (χ1) is 22.1.